The predicted molar refractivity (Wildman–Crippen MR) is 78.6 cm³/mol. The molecule has 0 atom stereocenters. The summed E-state index contributed by atoms with van der Waals surface area (Å²) in [7, 11) is 0. The fourth-order valence-electron chi connectivity index (χ4n) is 1.89. The van der Waals surface area contributed by atoms with Crippen molar-refractivity contribution in [2.45, 2.75) is 9.92 Å². The maximum absolute atomic E-state index is 9.11. The molecule has 0 aliphatic carbocycles. The van der Waals surface area contributed by atoms with Crippen molar-refractivity contribution >= 4 is 34.3 Å². The van der Waals surface area contributed by atoms with E-state index >= 15 is 0 Å². The van der Waals surface area contributed by atoms with Crippen LogP contribution in [0, 0.1) is 11.3 Å². The molecule has 0 saturated heterocycles. The lowest BCUT2D eigenvalue weighted by Gasteiger charge is -2.02. The van der Waals surface area contributed by atoms with Crippen LogP contribution in [-0.2, 0) is 0 Å². The molecule has 0 aliphatic heterocycles. The number of hydrogen-bond acceptors (Lipinski definition) is 2. The second-order valence-electron chi connectivity index (χ2n) is 4.08. The third-order valence-electron chi connectivity index (χ3n) is 2.79. The van der Waals surface area contributed by atoms with Gasteiger partial charge in [0.25, 0.3) is 0 Å². The Kier molecular flexibility index (Phi) is 3.20. The number of benzene rings is 2. The highest BCUT2D eigenvalue weighted by Gasteiger charge is 2.07. The number of nitrogens with one attached hydrogen (secondary N) is 1. The summed E-state index contributed by atoms with van der Waals surface area (Å²) in [5.41, 5.74) is 1.72. The minimum atomic E-state index is 0.632. The van der Waals surface area contributed by atoms with Gasteiger partial charge in [0.15, 0.2) is 0 Å². The SMILES string of the molecule is N#Cc1ccc(Cl)cc1Sc1cc2ccccc2[nH]1. The zero-order valence-electron chi connectivity index (χ0n) is 9.85. The number of hydrogen-bond donors (Lipinski definition) is 1. The van der Waals surface area contributed by atoms with Crippen LogP contribution in [0.15, 0.2) is 58.5 Å². The van der Waals surface area contributed by atoms with E-state index in [1.165, 1.54) is 11.8 Å². The minimum Gasteiger partial charge on any atom is -0.349 e. The summed E-state index contributed by atoms with van der Waals surface area (Å²) in [5.74, 6) is 0. The van der Waals surface area contributed by atoms with Gasteiger partial charge in [-0.25, -0.2) is 0 Å². The van der Waals surface area contributed by atoms with Gasteiger partial charge in [-0.05, 0) is 30.3 Å². The van der Waals surface area contributed by atoms with Crippen LogP contribution in [0.5, 0.6) is 0 Å². The summed E-state index contributed by atoms with van der Waals surface area (Å²) in [6.07, 6.45) is 0. The van der Waals surface area contributed by atoms with Crippen LogP contribution in [0.25, 0.3) is 10.9 Å². The highest BCUT2D eigenvalue weighted by molar-refractivity contribution is 7.99. The molecule has 0 spiro atoms. The first-order valence-electron chi connectivity index (χ1n) is 5.71. The largest absolute Gasteiger partial charge is 0.349 e. The van der Waals surface area contributed by atoms with E-state index in [2.05, 4.69) is 23.2 Å². The Labute approximate surface area is 120 Å². The van der Waals surface area contributed by atoms with E-state index in [-0.39, 0.29) is 0 Å². The number of nitriles is 1. The molecule has 92 valence electrons. The van der Waals surface area contributed by atoms with Crippen LogP contribution in [0.1, 0.15) is 5.56 Å². The highest BCUT2D eigenvalue weighted by atomic mass is 35.5. The Hall–Kier alpha value is -1.89. The summed E-state index contributed by atoms with van der Waals surface area (Å²) < 4.78 is 0. The molecule has 2 nitrogen and oxygen atoms in total. The van der Waals surface area contributed by atoms with E-state index in [0.29, 0.717) is 10.6 Å². The second-order valence-corrected chi connectivity index (χ2v) is 5.60. The van der Waals surface area contributed by atoms with Crippen molar-refractivity contribution in [3.8, 4) is 6.07 Å². The average molecular weight is 285 g/mol. The van der Waals surface area contributed by atoms with E-state index in [4.69, 9.17) is 16.9 Å². The average Bonchev–Trinajstić information content (AvgIpc) is 2.81. The number of rotatable bonds is 2. The molecule has 0 radical (unpaired) electrons. The number of para-hydroxylation sites is 1. The van der Waals surface area contributed by atoms with E-state index in [1.807, 2.05) is 24.3 Å². The second kappa shape index (κ2) is 5.00. The van der Waals surface area contributed by atoms with Crippen LogP contribution in [0.4, 0.5) is 0 Å². The number of H-pyrrole nitrogens is 1. The standard InChI is InChI=1S/C15H9ClN2S/c16-12-6-5-11(9-17)14(8-12)19-15-7-10-3-1-2-4-13(10)18-15/h1-8,18H. The van der Waals surface area contributed by atoms with E-state index in [0.717, 1.165) is 20.8 Å². The normalized spacial score (nSPS) is 10.5. The van der Waals surface area contributed by atoms with Gasteiger partial charge in [0.2, 0.25) is 0 Å². The van der Waals surface area contributed by atoms with Crippen LogP contribution in [0.2, 0.25) is 5.02 Å². The fraction of sp³-hybridized carbons (Fsp3) is 0. The van der Waals surface area contributed by atoms with Crippen LogP contribution < -0.4 is 0 Å². The first kappa shape index (κ1) is 12.2. The number of aromatic nitrogens is 1. The maximum Gasteiger partial charge on any atom is 0.100 e. The number of aromatic amines is 1. The van der Waals surface area contributed by atoms with Gasteiger partial charge in [-0.1, -0.05) is 41.6 Å². The van der Waals surface area contributed by atoms with Gasteiger partial charge in [-0.3, -0.25) is 0 Å². The van der Waals surface area contributed by atoms with Gasteiger partial charge in [-0.2, -0.15) is 5.26 Å². The zero-order valence-corrected chi connectivity index (χ0v) is 11.4. The van der Waals surface area contributed by atoms with Crippen molar-refractivity contribution in [1.82, 2.24) is 4.98 Å². The van der Waals surface area contributed by atoms with Gasteiger partial charge < -0.3 is 4.98 Å². The molecular weight excluding hydrogens is 276 g/mol. The Bertz CT molecular complexity index is 753. The van der Waals surface area contributed by atoms with E-state index in [1.54, 1.807) is 12.1 Å². The van der Waals surface area contributed by atoms with Gasteiger partial charge in [0, 0.05) is 20.8 Å². The van der Waals surface area contributed by atoms with Gasteiger partial charge in [0.05, 0.1) is 10.6 Å². The quantitative estimate of drug-likeness (QED) is 0.731. The Morgan fingerprint density at radius 1 is 1.11 bits per heavy atom. The third kappa shape index (κ3) is 2.46. The third-order valence-corrected chi connectivity index (χ3v) is 4.02. The lowest BCUT2D eigenvalue weighted by atomic mass is 10.2. The zero-order chi connectivity index (χ0) is 13.2. The van der Waals surface area contributed by atoms with Crippen LogP contribution >= 0.6 is 23.4 Å². The Balaban J connectivity index is 2.01. The van der Waals surface area contributed by atoms with Crippen molar-refractivity contribution in [1.29, 1.82) is 5.26 Å². The van der Waals surface area contributed by atoms with Crippen LogP contribution in [-0.4, -0.2) is 4.98 Å². The summed E-state index contributed by atoms with van der Waals surface area (Å²) in [4.78, 5) is 4.19. The molecule has 1 heterocycles. The van der Waals surface area contributed by atoms with Crippen molar-refractivity contribution in [2.24, 2.45) is 0 Å². The minimum absolute atomic E-state index is 0.632. The van der Waals surface area contributed by atoms with E-state index in [9.17, 15) is 0 Å². The molecule has 3 rings (SSSR count). The van der Waals surface area contributed by atoms with Crippen molar-refractivity contribution in [3.63, 3.8) is 0 Å². The molecule has 0 amide bonds. The highest BCUT2D eigenvalue weighted by Crippen LogP contribution is 2.33. The Morgan fingerprint density at radius 3 is 2.74 bits per heavy atom. The first-order chi connectivity index (χ1) is 9.26. The lowest BCUT2D eigenvalue weighted by molar-refractivity contribution is 1.23. The van der Waals surface area contributed by atoms with Gasteiger partial charge in [0.1, 0.15) is 6.07 Å². The molecule has 4 heteroatoms. The summed E-state index contributed by atoms with van der Waals surface area (Å²) in [6, 6.07) is 17.6. The molecule has 0 fully saturated rings. The van der Waals surface area contributed by atoms with Gasteiger partial charge >= 0.3 is 0 Å². The maximum atomic E-state index is 9.11. The van der Waals surface area contributed by atoms with Crippen molar-refractivity contribution in [2.75, 3.05) is 0 Å². The van der Waals surface area contributed by atoms with E-state index < -0.39 is 0 Å². The van der Waals surface area contributed by atoms with Crippen LogP contribution in [0.3, 0.4) is 0 Å². The molecule has 1 N–H and O–H groups in total. The fourth-order valence-corrected chi connectivity index (χ4v) is 3.12. The summed E-state index contributed by atoms with van der Waals surface area (Å²) >= 11 is 7.50. The molecule has 0 bridgehead atoms. The lowest BCUT2D eigenvalue weighted by Crippen LogP contribution is -1.81. The molecule has 1 aromatic heterocycles. The number of fused-ring (bicyclic) bond motifs is 1. The Morgan fingerprint density at radius 2 is 1.95 bits per heavy atom. The molecule has 0 unspecified atom stereocenters. The first-order valence-corrected chi connectivity index (χ1v) is 6.91. The molecule has 3 aromatic rings. The molecule has 19 heavy (non-hydrogen) atoms. The number of halogens is 1. The summed E-state index contributed by atoms with van der Waals surface area (Å²) in [5, 5.41) is 11.9. The van der Waals surface area contributed by atoms with Gasteiger partial charge in [-0.15, -0.1) is 0 Å². The molecule has 0 aliphatic rings. The molecule has 0 saturated carbocycles. The number of nitrogens with zero attached hydrogens (tertiary/aromatic N) is 1. The monoisotopic (exact) mass is 284 g/mol. The van der Waals surface area contributed by atoms with Crippen molar-refractivity contribution < 1.29 is 0 Å². The predicted octanol–water partition coefficient (Wildman–Crippen LogP) is 4.84. The van der Waals surface area contributed by atoms with Crippen molar-refractivity contribution in [3.05, 3.63) is 59.1 Å². The molecular formula is C15H9ClN2S. The molecule has 2 aromatic carbocycles. The summed E-state index contributed by atoms with van der Waals surface area (Å²) in [6.45, 7) is 0. The smallest absolute Gasteiger partial charge is 0.100 e. The topological polar surface area (TPSA) is 39.6 Å².